The Bertz CT molecular complexity index is 739. The normalized spacial score (nSPS) is 10.6. The first kappa shape index (κ1) is 14.4. The molecule has 2 heterocycles. The molecule has 7 heteroatoms. The van der Waals surface area contributed by atoms with Gasteiger partial charge in [0.05, 0.1) is 17.8 Å². The number of nitrogens with zero attached hydrogens (tertiary/aromatic N) is 5. The third-order valence-corrected chi connectivity index (χ3v) is 4.19. The number of carbonyl (C=O) groups is 1. The number of aromatic nitrogens is 4. The molecule has 2 aromatic heterocycles. The van der Waals surface area contributed by atoms with Crippen molar-refractivity contribution in [1.29, 1.82) is 0 Å². The molecule has 22 heavy (non-hydrogen) atoms. The zero-order valence-electron chi connectivity index (χ0n) is 12.1. The topological polar surface area (TPSA) is 63.9 Å². The number of amides is 1. The zero-order chi connectivity index (χ0) is 15.4. The molecule has 0 aliphatic rings. The molecule has 0 N–H and O–H groups in total. The highest BCUT2D eigenvalue weighted by molar-refractivity contribution is 7.09. The number of carbonyl (C=O) groups excluding carboxylic acids is 1. The predicted octanol–water partition coefficient (Wildman–Crippen LogP) is 2.39. The quantitative estimate of drug-likeness (QED) is 0.725. The Morgan fingerprint density at radius 3 is 2.82 bits per heavy atom. The van der Waals surface area contributed by atoms with E-state index in [0.29, 0.717) is 24.3 Å². The lowest BCUT2D eigenvalue weighted by atomic mass is 10.1. The third kappa shape index (κ3) is 2.89. The lowest BCUT2D eigenvalue weighted by molar-refractivity contribution is 0.0754. The van der Waals surface area contributed by atoms with Crippen molar-refractivity contribution in [3.8, 4) is 5.69 Å². The number of para-hydroxylation sites is 1. The Labute approximate surface area is 132 Å². The van der Waals surface area contributed by atoms with Gasteiger partial charge < -0.3 is 4.90 Å². The summed E-state index contributed by atoms with van der Waals surface area (Å²) in [5, 5.41) is 13.2. The van der Waals surface area contributed by atoms with E-state index in [1.165, 1.54) is 11.0 Å². The van der Waals surface area contributed by atoms with E-state index in [1.807, 2.05) is 47.5 Å². The number of hydrogen-bond acceptors (Lipinski definition) is 5. The maximum atomic E-state index is 12.9. The van der Waals surface area contributed by atoms with E-state index in [9.17, 15) is 4.79 Å². The molecule has 0 unspecified atom stereocenters. The van der Waals surface area contributed by atoms with Crippen molar-refractivity contribution in [3.63, 3.8) is 0 Å². The smallest absolute Gasteiger partial charge is 0.256 e. The number of benzene rings is 1. The van der Waals surface area contributed by atoms with Gasteiger partial charge >= 0.3 is 0 Å². The van der Waals surface area contributed by atoms with Crippen LogP contribution in [-0.4, -0.2) is 37.6 Å². The molecule has 112 valence electrons. The molecule has 0 atom stereocenters. The number of tetrazole rings is 1. The van der Waals surface area contributed by atoms with Crippen molar-refractivity contribution >= 4 is 17.2 Å². The molecule has 3 rings (SSSR count). The van der Waals surface area contributed by atoms with Crippen molar-refractivity contribution in [3.05, 3.63) is 58.5 Å². The SMILES string of the molecule is CCN(Cc1cccs1)C(=O)c1ccccc1-n1cnnn1. The maximum Gasteiger partial charge on any atom is 0.256 e. The lowest BCUT2D eigenvalue weighted by Crippen LogP contribution is -2.30. The highest BCUT2D eigenvalue weighted by Gasteiger charge is 2.19. The van der Waals surface area contributed by atoms with Gasteiger partial charge in [0, 0.05) is 11.4 Å². The lowest BCUT2D eigenvalue weighted by Gasteiger charge is -2.21. The van der Waals surface area contributed by atoms with Gasteiger partial charge in [0.15, 0.2) is 0 Å². The summed E-state index contributed by atoms with van der Waals surface area (Å²) in [6, 6.07) is 11.4. The van der Waals surface area contributed by atoms with Crippen molar-refractivity contribution in [2.45, 2.75) is 13.5 Å². The number of thiophene rings is 1. The summed E-state index contributed by atoms with van der Waals surface area (Å²) in [7, 11) is 0. The minimum atomic E-state index is -0.0259. The van der Waals surface area contributed by atoms with Gasteiger partial charge in [0.1, 0.15) is 6.33 Å². The van der Waals surface area contributed by atoms with Gasteiger partial charge in [-0.15, -0.1) is 16.4 Å². The zero-order valence-corrected chi connectivity index (χ0v) is 12.9. The van der Waals surface area contributed by atoms with Crippen molar-refractivity contribution < 1.29 is 4.79 Å². The van der Waals surface area contributed by atoms with Crippen LogP contribution >= 0.6 is 11.3 Å². The summed E-state index contributed by atoms with van der Waals surface area (Å²) in [6.45, 7) is 3.22. The maximum absolute atomic E-state index is 12.9. The van der Waals surface area contributed by atoms with Crippen LogP contribution in [0.1, 0.15) is 22.2 Å². The third-order valence-electron chi connectivity index (χ3n) is 3.33. The van der Waals surface area contributed by atoms with Gasteiger partial charge in [0.2, 0.25) is 0 Å². The molecule has 0 saturated heterocycles. The molecular weight excluding hydrogens is 298 g/mol. The van der Waals surface area contributed by atoms with Gasteiger partial charge in [-0.2, -0.15) is 4.68 Å². The van der Waals surface area contributed by atoms with Crippen molar-refractivity contribution in [2.24, 2.45) is 0 Å². The van der Waals surface area contributed by atoms with Gasteiger partial charge in [-0.25, -0.2) is 0 Å². The predicted molar refractivity (Wildman–Crippen MR) is 83.9 cm³/mol. The van der Waals surface area contributed by atoms with Gasteiger partial charge in [-0.1, -0.05) is 18.2 Å². The standard InChI is InChI=1S/C15H15N5OS/c1-2-19(10-12-6-5-9-22-12)15(21)13-7-3-4-8-14(13)20-11-16-17-18-20/h3-9,11H,2,10H2,1H3. The van der Waals surface area contributed by atoms with E-state index in [2.05, 4.69) is 15.5 Å². The summed E-state index contributed by atoms with van der Waals surface area (Å²) >= 11 is 1.65. The van der Waals surface area contributed by atoms with E-state index >= 15 is 0 Å². The molecule has 0 radical (unpaired) electrons. The van der Waals surface area contributed by atoms with E-state index in [0.717, 1.165) is 4.88 Å². The van der Waals surface area contributed by atoms with E-state index in [4.69, 9.17) is 0 Å². The van der Waals surface area contributed by atoms with Gasteiger partial charge in [-0.05, 0) is 40.9 Å². The summed E-state index contributed by atoms with van der Waals surface area (Å²) in [5.41, 5.74) is 1.27. The molecule has 0 saturated carbocycles. The summed E-state index contributed by atoms with van der Waals surface area (Å²) < 4.78 is 1.51. The molecule has 1 aromatic carbocycles. The Hall–Kier alpha value is -2.54. The minimum Gasteiger partial charge on any atom is -0.334 e. The van der Waals surface area contributed by atoms with Crippen LogP contribution < -0.4 is 0 Å². The molecular formula is C15H15N5OS. The van der Waals surface area contributed by atoms with Crippen LogP contribution in [0, 0.1) is 0 Å². The largest absolute Gasteiger partial charge is 0.334 e. The summed E-state index contributed by atoms with van der Waals surface area (Å²) in [5.74, 6) is -0.0259. The average molecular weight is 313 g/mol. The second-order valence-electron chi connectivity index (χ2n) is 4.67. The Morgan fingerprint density at radius 2 is 2.14 bits per heavy atom. The van der Waals surface area contributed by atoms with E-state index in [-0.39, 0.29) is 5.91 Å². The Kier molecular flexibility index (Phi) is 4.24. The Balaban J connectivity index is 1.91. The van der Waals surface area contributed by atoms with Crippen molar-refractivity contribution in [1.82, 2.24) is 25.1 Å². The molecule has 1 amide bonds. The fraction of sp³-hybridized carbons (Fsp3) is 0.200. The molecule has 3 aromatic rings. The van der Waals surface area contributed by atoms with Crippen LogP contribution in [-0.2, 0) is 6.54 Å². The second-order valence-corrected chi connectivity index (χ2v) is 5.70. The first-order chi connectivity index (χ1) is 10.8. The van der Waals surface area contributed by atoms with E-state index in [1.54, 1.807) is 17.4 Å². The van der Waals surface area contributed by atoms with Gasteiger partial charge in [0.25, 0.3) is 5.91 Å². The number of hydrogen-bond donors (Lipinski definition) is 0. The Morgan fingerprint density at radius 1 is 1.27 bits per heavy atom. The molecule has 0 aliphatic carbocycles. The molecule has 0 spiro atoms. The van der Waals surface area contributed by atoms with Gasteiger partial charge in [-0.3, -0.25) is 4.79 Å². The highest BCUT2D eigenvalue weighted by Crippen LogP contribution is 2.18. The van der Waals surface area contributed by atoms with E-state index < -0.39 is 0 Å². The van der Waals surface area contributed by atoms with Crippen LogP contribution in [0.3, 0.4) is 0 Å². The fourth-order valence-electron chi connectivity index (χ4n) is 2.21. The minimum absolute atomic E-state index is 0.0259. The second kappa shape index (κ2) is 6.48. The average Bonchev–Trinajstić information content (AvgIpc) is 3.25. The number of rotatable bonds is 5. The summed E-state index contributed by atoms with van der Waals surface area (Å²) in [4.78, 5) is 15.8. The molecule has 0 bridgehead atoms. The van der Waals surface area contributed by atoms with Crippen LogP contribution in [0.5, 0.6) is 0 Å². The molecule has 0 fully saturated rings. The first-order valence-electron chi connectivity index (χ1n) is 6.93. The molecule has 0 aliphatic heterocycles. The first-order valence-corrected chi connectivity index (χ1v) is 7.81. The fourth-order valence-corrected chi connectivity index (χ4v) is 2.93. The van der Waals surface area contributed by atoms with Crippen molar-refractivity contribution in [2.75, 3.05) is 6.54 Å². The highest BCUT2D eigenvalue weighted by atomic mass is 32.1. The van der Waals surface area contributed by atoms with Crippen LogP contribution in [0.4, 0.5) is 0 Å². The molecule has 6 nitrogen and oxygen atoms in total. The monoisotopic (exact) mass is 313 g/mol. The summed E-state index contributed by atoms with van der Waals surface area (Å²) in [6.07, 6.45) is 1.49. The van der Waals surface area contributed by atoms with Crippen LogP contribution in [0.15, 0.2) is 48.1 Å². The van der Waals surface area contributed by atoms with Crippen LogP contribution in [0.2, 0.25) is 0 Å². The van der Waals surface area contributed by atoms with Crippen LogP contribution in [0.25, 0.3) is 5.69 Å².